The van der Waals surface area contributed by atoms with Gasteiger partial charge in [0.2, 0.25) is 0 Å². The Kier molecular flexibility index (Phi) is 5.97. The Morgan fingerprint density at radius 1 is 1.12 bits per heavy atom. The maximum atomic E-state index is 12.0. The van der Waals surface area contributed by atoms with E-state index in [4.69, 9.17) is 0 Å². The third kappa shape index (κ3) is 5.32. The molecule has 2 heterocycles. The monoisotopic (exact) mass is 378 g/mol. The zero-order valence-corrected chi connectivity index (χ0v) is 13.7. The lowest BCUT2D eigenvalue weighted by Gasteiger charge is -2.08. The number of rotatable bonds is 5. The third-order valence-corrected chi connectivity index (χ3v) is 4.91. The van der Waals surface area contributed by atoms with Crippen molar-refractivity contribution >= 4 is 34.5 Å². The van der Waals surface area contributed by atoms with Crippen LogP contribution in [-0.2, 0) is 16.1 Å². The van der Waals surface area contributed by atoms with Crippen molar-refractivity contribution < 1.29 is 27.9 Å². The van der Waals surface area contributed by atoms with Gasteiger partial charge in [0.1, 0.15) is 12.6 Å². The van der Waals surface area contributed by atoms with E-state index in [9.17, 15) is 27.9 Å². The Morgan fingerprint density at radius 2 is 1.83 bits per heavy atom. The third-order valence-electron chi connectivity index (χ3n) is 2.84. The summed E-state index contributed by atoms with van der Waals surface area (Å²) in [5.41, 5.74) is 0. The van der Waals surface area contributed by atoms with Crippen molar-refractivity contribution in [1.29, 1.82) is 0 Å². The van der Waals surface area contributed by atoms with Crippen molar-refractivity contribution in [3.8, 4) is 0 Å². The molecule has 0 saturated carbocycles. The average Bonchev–Trinajstić information content (AvgIpc) is 3.20. The molecule has 0 fully saturated rings. The molecule has 0 aliphatic rings. The number of halogens is 3. The van der Waals surface area contributed by atoms with Gasteiger partial charge in [0.05, 0.1) is 6.54 Å². The minimum Gasteiger partial charge on any atom is -0.382 e. The van der Waals surface area contributed by atoms with Gasteiger partial charge in [-0.25, -0.2) is 0 Å². The average molecular weight is 378 g/mol. The Hall–Kier alpha value is -1.91. The van der Waals surface area contributed by atoms with Crippen molar-refractivity contribution in [3.05, 3.63) is 44.3 Å². The number of thiophene rings is 2. The minimum absolute atomic E-state index is 0.0138. The number of nitrogens with one attached hydrogen (secondary N) is 2. The maximum absolute atomic E-state index is 12.0. The van der Waals surface area contributed by atoms with Gasteiger partial charge in [-0.3, -0.25) is 9.59 Å². The highest BCUT2D eigenvalue weighted by atomic mass is 32.1. The Balaban J connectivity index is 1.84. The maximum Gasteiger partial charge on any atom is 0.405 e. The molecule has 0 aromatic carbocycles. The van der Waals surface area contributed by atoms with Gasteiger partial charge < -0.3 is 15.7 Å². The van der Waals surface area contributed by atoms with Crippen molar-refractivity contribution in [2.75, 3.05) is 6.54 Å². The first-order chi connectivity index (χ1) is 11.3. The fourth-order valence-electron chi connectivity index (χ4n) is 1.73. The van der Waals surface area contributed by atoms with E-state index in [-0.39, 0.29) is 6.54 Å². The molecule has 5 nitrogen and oxygen atoms in total. The highest BCUT2D eigenvalue weighted by molar-refractivity contribution is 7.12. The van der Waals surface area contributed by atoms with Crippen LogP contribution in [0.15, 0.2) is 29.6 Å². The summed E-state index contributed by atoms with van der Waals surface area (Å²) in [5, 5.41) is 15.7. The van der Waals surface area contributed by atoms with Gasteiger partial charge >= 0.3 is 18.0 Å². The second-order valence-corrected chi connectivity index (χ2v) is 6.88. The van der Waals surface area contributed by atoms with Crippen LogP contribution in [0.1, 0.15) is 20.7 Å². The molecule has 1 atom stereocenters. The van der Waals surface area contributed by atoms with Crippen LogP contribution in [0.4, 0.5) is 13.2 Å². The van der Waals surface area contributed by atoms with Crippen LogP contribution >= 0.6 is 22.7 Å². The van der Waals surface area contributed by atoms with Crippen molar-refractivity contribution in [2.24, 2.45) is 0 Å². The van der Waals surface area contributed by atoms with Crippen LogP contribution in [0.5, 0.6) is 0 Å². The molecule has 0 spiro atoms. The Morgan fingerprint density at radius 3 is 2.46 bits per heavy atom. The molecular weight excluding hydrogens is 365 g/mol. The molecule has 130 valence electrons. The summed E-state index contributed by atoms with van der Waals surface area (Å²) >= 11 is 2.65. The molecule has 2 rings (SSSR count). The fraction of sp³-hybridized carbons (Fsp3) is 0.286. The molecule has 1 unspecified atom stereocenters. The fourth-order valence-corrected chi connectivity index (χ4v) is 3.49. The van der Waals surface area contributed by atoms with Crippen LogP contribution in [-0.4, -0.2) is 29.6 Å². The first-order valence-electron chi connectivity index (χ1n) is 6.69. The van der Waals surface area contributed by atoms with E-state index < -0.39 is 30.6 Å². The summed E-state index contributed by atoms with van der Waals surface area (Å²) in [4.78, 5) is 24.8. The highest BCUT2D eigenvalue weighted by Gasteiger charge is 2.29. The molecule has 2 aromatic rings. The minimum atomic E-state index is -4.57. The van der Waals surface area contributed by atoms with Crippen LogP contribution in [0.25, 0.3) is 0 Å². The normalized spacial score (nSPS) is 12.7. The molecule has 2 aromatic heterocycles. The molecular formula is C14H13F3N2O3S2. The number of alkyl halides is 3. The van der Waals surface area contributed by atoms with Gasteiger partial charge in [-0.1, -0.05) is 6.07 Å². The van der Waals surface area contributed by atoms with Crippen LogP contribution in [0.2, 0.25) is 0 Å². The number of hydrogen-bond acceptors (Lipinski definition) is 5. The number of aliphatic hydroxyl groups excluding tert-OH is 1. The zero-order valence-electron chi connectivity index (χ0n) is 12.1. The van der Waals surface area contributed by atoms with E-state index in [1.54, 1.807) is 18.2 Å². The summed E-state index contributed by atoms with van der Waals surface area (Å²) in [5.74, 6) is -2.49. The van der Waals surface area contributed by atoms with Gasteiger partial charge in [-0.2, -0.15) is 13.2 Å². The molecule has 24 heavy (non-hydrogen) atoms. The number of aliphatic hydroxyl groups is 1. The summed E-state index contributed by atoms with van der Waals surface area (Å²) in [7, 11) is 0. The number of carbonyl (C=O) groups is 2. The summed E-state index contributed by atoms with van der Waals surface area (Å²) in [6, 6.07) is 6.98. The van der Waals surface area contributed by atoms with E-state index in [2.05, 4.69) is 5.32 Å². The summed E-state index contributed by atoms with van der Waals surface area (Å²) in [6.45, 7) is -1.57. The van der Waals surface area contributed by atoms with E-state index in [1.165, 1.54) is 28.0 Å². The lowest BCUT2D eigenvalue weighted by atomic mass is 10.2. The Labute approximate surface area is 143 Å². The van der Waals surface area contributed by atoms with Crippen LogP contribution in [0, 0.1) is 0 Å². The molecule has 3 N–H and O–H groups in total. The van der Waals surface area contributed by atoms with Gasteiger partial charge in [0.25, 0.3) is 0 Å². The summed E-state index contributed by atoms with van der Waals surface area (Å²) < 4.78 is 35.9. The molecule has 10 heteroatoms. The quantitative estimate of drug-likeness (QED) is 0.698. The van der Waals surface area contributed by atoms with E-state index in [1.807, 2.05) is 11.4 Å². The lowest BCUT2D eigenvalue weighted by Crippen LogP contribution is -2.43. The second-order valence-electron chi connectivity index (χ2n) is 4.70. The van der Waals surface area contributed by atoms with Crippen molar-refractivity contribution in [3.63, 3.8) is 0 Å². The largest absolute Gasteiger partial charge is 0.405 e. The van der Waals surface area contributed by atoms with Gasteiger partial charge in [0, 0.05) is 14.6 Å². The molecule has 0 aliphatic carbocycles. The lowest BCUT2D eigenvalue weighted by molar-refractivity contribution is -0.146. The Bertz CT molecular complexity index is 698. The topological polar surface area (TPSA) is 78.4 Å². The first kappa shape index (κ1) is 18.4. The SMILES string of the molecule is O=C(NCc1ccc(C(O)c2cccs2)s1)C(=O)NCC(F)(F)F. The van der Waals surface area contributed by atoms with E-state index in [0.717, 1.165) is 4.88 Å². The van der Waals surface area contributed by atoms with Gasteiger partial charge in [-0.05, 0) is 23.6 Å². The number of carbonyl (C=O) groups excluding carboxylic acids is 2. The number of amides is 2. The first-order valence-corrected chi connectivity index (χ1v) is 8.39. The number of hydrogen-bond donors (Lipinski definition) is 3. The van der Waals surface area contributed by atoms with Gasteiger partial charge in [-0.15, -0.1) is 22.7 Å². The predicted molar refractivity (Wildman–Crippen MR) is 83.6 cm³/mol. The van der Waals surface area contributed by atoms with Gasteiger partial charge in [0.15, 0.2) is 0 Å². The molecule has 0 saturated heterocycles. The molecule has 0 bridgehead atoms. The standard InChI is InChI=1S/C14H13F3N2O3S2/c15-14(16,17)7-19-13(22)12(21)18-6-8-3-4-10(24-8)11(20)9-2-1-5-23-9/h1-5,11,20H,6-7H2,(H,18,21)(H,19,22). The summed E-state index contributed by atoms with van der Waals surface area (Å²) in [6.07, 6.45) is -5.34. The molecule has 2 amide bonds. The smallest absolute Gasteiger partial charge is 0.382 e. The predicted octanol–water partition coefficient (Wildman–Crippen LogP) is 2.19. The van der Waals surface area contributed by atoms with Crippen molar-refractivity contribution in [1.82, 2.24) is 10.6 Å². The van der Waals surface area contributed by atoms with Crippen molar-refractivity contribution in [2.45, 2.75) is 18.8 Å². The zero-order chi connectivity index (χ0) is 17.7. The van der Waals surface area contributed by atoms with E-state index >= 15 is 0 Å². The van der Waals surface area contributed by atoms with E-state index in [0.29, 0.717) is 9.75 Å². The molecule has 0 radical (unpaired) electrons. The van der Waals surface area contributed by atoms with Crippen LogP contribution < -0.4 is 10.6 Å². The second kappa shape index (κ2) is 7.77. The molecule has 0 aliphatic heterocycles. The van der Waals surface area contributed by atoms with Crippen LogP contribution in [0.3, 0.4) is 0 Å². The highest BCUT2D eigenvalue weighted by Crippen LogP contribution is 2.30.